The normalized spacial score (nSPS) is 10.8. The monoisotopic (exact) mass is 360 g/mol. The molecule has 0 aliphatic heterocycles. The van der Waals surface area contributed by atoms with E-state index in [1.807, 2.05) is 0 Å². The van der Waals surface area contributed by atoms with Gasteiger partial charge < -0.3 is 4.74 Å². The molecule has 0 aliphatic rings. The first-order valence-electron chi connectivity index (χ1n) is 10.0. The van der Waals surface area contributed by atoms with Gasteiger partial charge in [0.15, 0.2) is 0 Å². The molecule has 0 bridgehead atoms. The van der Waals surface area contributed by atoms with Gasteiger partial charge in [0.2, 0.25) is 5.24 Å². The van der Waals surface area contributed by atoms with Gasteiger partial charge >= 0.3 is 5.97 Å². The molecule has 0 N–H and O–H groups in total. The molecule has 4 heteroatoms. The summed E-state index contributed by atoms with van der Waals surface area (Å²) >= 11 is 5.17. The van der Waals surface area contributed by atoms with E-state index in [1.54, 1.807) is 0 Å². The molecular formula is C20H37ClO3. The third-order valence-corrected chi connectivity index (χ3v) is 4.48. The molecular weight excluding hydrogens is 324 g/mol. The first kappa shape index (κ1) is 23.4. The van der Waals surface area contributed by atoms with Crippen molar-refractivity contribution >= 4 is 22.8 Å². The molecule has 142 valence electrons. The average molecular weight is 361 g/mol. The van der Waals surface area contributed by atoms with Crippen LogP contribution in [0, 0.1) is 0 Å². The maximum absolute atomic E-state index is 11.2. The fourth-order valence-corrected chi connectivity index (χ4v) is 2.85. The third kappa shape index (κ3) is 19.5. The molecule has 0 atom stereocenters. The number of unbranched alkanes of at least 4 members (excludes halogenated alkanes) is 13. The van der Waals surface area contributed by atoms with Crippen molar-refractivity contribution in [3.63, 3.8) is 0 Å². The Morgan fingerprint density at radius 1 is 0.667 bits per heavy atom. The van der Waals surface area contributed by atoms with E-state index in [0.717, 1.165) is 12.8 Å². The van der Waals surface area contributed by atoms with Gasteiger partial charge in [-0.2, -0.15) is 0 Å². The van der Waals surface area contributed by atoms with E-state index in [0.29, 0.717) is 6.61 Å². The van der Waals surface area contributed by atoms with Gasteiger partial charge in [-0.1, -0.05) is 90.4 Å². The van der Waals surface area contributed by atoms with Crippen LogP contribution in [0.25, 0.3) is 0 Å². The number of rotatable bonds is 18. The smallest absolute Gasteiger partial charge is 0.306 e. The lowest BCUT2D eigenvalue weighted by atomic mass is 10.0. The van der Waals surface area contributed by atoms with Gasteiger partial charge in [0.25, 0.3) is 0 Å². The van der Waals surface area contributed by atoms with E-state index >= 15 is 0 Å². The minimum absolute atomic E-state index is 0.0686. The SMILES string of the molecule is CCCCCCCCCCCCCCCCOC(=O)CCC(=O)Cl. The average Bonchev–Trinajstić information content (AvgIpc) is 2.56. The van der Waals surface area contributed by atoms with Crippen molar-refractivity contribution in [2.45, 2.75) is 110 Å². The molecule has 0 fully saturated rings. The van der Waals surface area contributed by atoms with E-state index in [2.05, 4.69) is 6.92 Å². The summed E-state index contributed by atoms with van der Waals surface area (Å²) in [6.07, 6.45) is 18.5. The molecule has 0 amide bonds. The number of hydrogen-bond acceptors (Lipinski definition) is 3. The molecule has 0 saturated carbocycles. The maximum atomic E-state index is 11.2. The zero-order valence-corrected chi connectivity index (χ0v) is 16.4. The Bertz CT molecular complexity index is 305. The number of carbonyl (C=O) groups excluding carboxylic acids is 2. The van der Waals surface area contributed by atoms with Gasteiger partial charge in [0.05, 0.1) is 13.0 Å². The Hall–Kier alpha value is -0.570. The first-order chi connectivity index (χ1) is 11.7. The zero-order chi connectivity index (χ0) is 17.9. The highest BCUT2D eigenvalue weighted by Gasteiger charge is 2.05. The summed E-state index contributed by atoms with van der Waals surface area (Å²) in [5.74, 6) is -0.321. The third-order valence-electron chi connectivity index (χ3n) is 4.29. The summed E-state index contributed by atoms with van der Waals surface area (Å²) in [6.45, 7) is 2.73. The van der Waals surface area contributed by atoms with Crippen LogP contribution in [0.5, 0.6) is 0 Å². The maximum Gasteiger partial charge on any atom is 0.306 e. The van der Waals surface area contributed by atoms with E-state index in [1.165, 1.54) is 77.0 Å². The highest BCUT2D eigenvalue weighted by molar-refractivity contribution is 6.63. The second-order valence-electron chi connectivity index (χ2n) is 6.67. The highest BCUT2D eigenvalue weighted by atomic mass is 35.5. The summed E-state index contributed by atoms with van der Waals surface area (Å²) in [5.41, 5.74) is 0. The van der Waals surface area contributed by atoms with Crippen molar-refractivity contribution in [1.29, 1.82) is 0 Å². The number of hydrogen-bond donors (Lipinski definition) is 0. The predicted octanol–water partition coefficient (Wildman–Crippen LogP) is 6.56. The Morgan fingerprint density at radius 3 is 1.50 bits per heavy atom. The second-order valence-corrected chi connectivity index (χ2v) is 7.09. The molecule has 0 aliphatic carbocycles. The number of ether oxygens (including phenoxy) is 1. The summed E-state index contributed by atoms with van der Waals surface area (Å²) in [6, 6.07) is 0. The predicted molar refractivity (Wildman–Crippen MR) is 101 cm³/mol. The van der Waals surface area contributed by atoms with Crippen molar-refractivity contribution in [1.82, 2.24) is 0 Å². The van der Waals surface area contributed by atoms with Gasteiger partial charge in [-0.05, 0) is 18.0 Å². The van der Waals surface area contributed by atoms with Gasteiger partial charge in [-0.3, -0.25) is 9.59 Å². The topological polar surface area (TPSA) is 43.4 Å². The molecule has 0 heterocycles. The highest BCUT2D eigenvalue weighted by Crippen LogP contribution is 2.13. The van der Waals surface area contributed by atoms with Crippen molar-refractivity contribution in [3.8, 4) is 0 Å². The minimum atomic E-state index is -0.483. The molecule has 0 radical (unpaired) electrons. The minimum Gasteiger partial charge on any atom is -0.466 e. The van der Waals surface area contributed by atoms with Crippen molar-refractivity contribution in [2.24, 2.45) is 0 Å². The van der Waals surface area contributed by atoms with Crippen molar-refractivity contribution in [3.05, 3.63) is 0 Å². The molecule has 0 aromatic rings. The fourth-order valence-electron chi connectivity index (χ4n) is 2.76. The van der Waals surface area contributed by atoms with Crippen molar-refractivity contribution in [2.75, 3.05) is 6.61 Å². The van der Waals surface area contributed by atoms with E-state index in [4.69, 9.17) is 16.3 Å². The van der Waals surface area contributed by atoms with E-state index in [9.17, 15) is 9.59 Å². The standard InChI is InChI=1S/C20H37ClO3/c1-2-3-4-5-6-7-8-9-10-11-12-13-14-15-18-24-20(23)17-16-19(21)22/h2-18H2,1H3. The Morgan fingerprint density at radius 2 is 1.08 bits per heavy atom. The number of halogens is 1. The quantitative estimate of drug-likeness (QED) is 0.158. The van der Waals surface area contributed by atoms with Crippen LogP contribution in [0.15, 0.2) is 0 Å². The van der Waals surface area contributed by atoms with E-state index < -0.39 is 5.24 Å². The lowest BCUT2D eigenvalue weighted by Crippen LogP contribution is -2.06. The van der Waals surface area contributed by atoms with Crippen LogP contribution >= 0.6 is 11.6 Å². The second kappa shape index (κ2) is 18.8. The van der Waals surface area contributed by atoms with Crippen LogP contribution in [-0.4, -0.2) is 17.8 Å². The Kier molecular flexibility index (Phi) is 18.3. The van der Waals surface area contributed by atoms with Gasteiger partial charge in [-0.25, -0.2) is 0 Å². The molecule has 24 heavy (non-hydrogen) atoms. The van der Waals surface area contributed by atoms with Crippen LogP contribution in [0.4, 0.5) is 0 Å². The lowest BCUT2D eigenvalue weighted by Gasteiger charge is -2.04. The van der Waals surface area contributed by atoms with Crippen LogP contribution < -0.4 is 0 Å². The summed E-state index contributed by atoms with van der Waals surface area (Å²) < 4.78 is 5.05. The molecule has 0 spiro atoms. The molecule has 0 saturated heterocycles. The van der Waals surface area contributed by atoms with Crippen LogP contribution in [0.2, 0.25) is 0 Å². The fraction of sp³-hybridized carbons (Fsp3) is 0.900. The van der Waals surface area contributed by atoms with Gasteiger partial charge in [0.1, 0.15) is 0 Å². The summed E-state index contributed by atoms with van der Waals surface area (Å²) in [4.78, 5) is 21.8. The van der Waals surface area contributed by atoms with Crippen LogP contribution in [0.1, 0.15) is 110 Å². The lowest BCUT2D eigenvalue weighted by molar-refractivity contribution is -0.144. The molecule has 3 nitrogen and oxygen atoms in total. The Labute approximate surface area is 153 Å². The molecule has 0 unspecified atom stereocenters. The molecule has 0 aromatic carbocycles. The Balaban J connectivity index is 3.10. The largest absolute Gasteiger partial charge is 0.466 e. The van der Waals surface area contributed by atoms with E-state index in [-0.39, 0.29) is 18.8 Å². The zero-order valence-electron chi connectivity index (χ0n) is 15.6. The van der Waals surface area contributed by atoms with Gasteiger partial charge in [-0.15, -0.1) is 0 Å². The van der Waals surface area contributed by atoms with Gasteiger partial charge in [0, 0.05) is 6.42 Å². The number of carbonyl (C=O) groups is 2. The van der Waals surface area contributed by atoms with Crippen LogP contribution in [0.3, 0.4) is 0 Å². The molecule has 0 aromatic heterocycles. The summed E-state index contributed by atoms with van der Waals surface area (Å²) in [7, 11) is 0. The van der Waals surface area contributed by atoms with Crippen LogP contribution in [-0.2, 0) is 14.3 Å². The summed E-state index contributed by atoms with van der Waals surface area (Å²) in [5, 5.41) is -0.483. The molecule has 0 rings (SSSR count). The first-order valence-corrected chi connectivity index (χ1v) is 10.4. The van der Waals surface area contributed by atoms with Crippen molar-refractivity contribution < 1.29 is 14.3 Å². The number of esters is 1.